The van der Waals surface area contributed by atoms with Gasteiger partial charge in [0.1, 0.15) is 0 Å². The lowest BCUT2D eigenvalue weighted by molar-refractivity contribution is -0.117. The monoisotopic (exact) mass is 399 g/mol. The zero-order chi connectivity index (χ0) is 20.1. The van der Waals surface area contributed by atoms with Crippen molar-refractivity contribution < 1.29 is 14.0 Å². The van der Waals surface area contributed by atoms with E-state index in [0.717, 1.165) is 11.1 Å². The predicted molar refractivity (Wildman–Crippen MR) is 107 cm³/mol. The number of imide groups is 1. The summed E-state index contributed by atoms with van der Waals surface area (Å²) in [6.07, 6.45) is 1.57. The number of aryl methyl sites for hydroxylation is 2. The van der Waals surface area contributed by atoms with Crippen molar-refractivity contribution in [2.75, 3.05) is 11.1 Å². The number of nitrogens with zero attached hydrogens (tertiary/aromatic N) is 3. The first-order valence-corrected chi connectivity index (χ1v) is 9.74. The maximum atomic E-state index is 12.1. The molecule has 28 heavy (non-hydrogen) atoms. The summed E-state index contributed by atoms with van der Waals surface area (Å²) in [5.41, 5.74) is 2.70. The van der Waals surface area contributed by atoms with Crippen LogP contribution in [-0.4, -0.2) is 32.5 Å². The number of anilines is 1. The molecule has 0 saturated heterocycles. The Kier molecular flexibility index (Phi) is 6.15. The van der Waals surface area contributed by atoms with Crippen LogP contribution in [0.15, 0.2) is 46.2 Å². The first kappa shape index (κ1) is 19.7. The summed E-state index contributed by atoms with van der Waals surface area (Å²) in [4.78, 5) is 24.2. The van der Waals surface area contributed by atoms with Gasteiger partial charge in [-0.15, -0.1) is 10.2 Å². The normalized spacial score (nSPS) is 10.7. The largest absolute Gasteiger partial charge is 0.461 e. The molecule has 0 aliphatic carbocycles. The maximum absolute atomic E-state index is 12.1. The van der Waals surface area contributed by atoms with Crippen molar-refractivity contribution in [2.45, 2.75) is 32.5 Å². The second kappa shape index (κ2) is 8.75. The average molecular weight is 399 g/mol. The van der Waals surface area contributed by atoms with Crippen LogP contribution in [0.4, 0.5) is 10.5 Å². The molecule has 0 unspecified atom stereocenters. The Morgan fingerprint density at radius 3 is 2.71 bits per heavy atom. The van der Waals surface area contributed by atoms with Gasteiger partial charge in [0.05, 0.1) is 12.0 Å². The predicted octanol–water partition coefficient (Wildman–Crippen LogP) is 3.62. The van der Waals surface area contributed by atoms with Gasteiger partial charge in [-0.1, -0.05) is 29.5 Å². The molecule has 0 saturated carbocycles. The third kappa shape index (κ3) is 4.61. The molecule has 0 fully saturated rings. The van der Waals surface area contributed by atoms with E-state index in [1.54, 1.807) is 18.4 Å². The number of thioether (sulfide) groups is 1. The van der Waals surface area contributed by atoms with E-state index in [1.165, 1.54) is 11.8 Å². The Morgan fingerprint density at radius 1 is 1.21 bits per heavy atom. The van der Waals surface area contributed by atoms with E-state index >= 15 is 0 Å². The number of aromatic nitrogens is 3. The number of hydrogen-bond acceptors (Lipinski definition) is 6. The van der Waals surface area contributed by atoms with Gasteiger partial charge in [-0.05, 0) is 44.5 Å². The van der Waals surface area contributed by atoms with Crippen molar-refractivity contribution in [3.05, 3.63) is 47.7 Å². The van der Waals surface area contributed by atoms with E-state index in [1.807, 2.05) is 43.5 Å². The van der Waals surface area contributed by atoms with Crippen LogP contribution in [0.2, 0.25) is 0 Å². The second-order valence-electron chi connectivity index (χ2n) is 6.14. The maximum Gasteiger partial charge on any atom is 0.325 e. The van der Waals surface area contributed by atoms with Crippen molar-refractivity contribution >= 4 is 29.4 Å². The third-order valence-electron chi connectivity index (χ3n) is 3.99. The molecular weight excluding hydrogens is 378 g/mol. The Balaban J connectivity index is 1.56. The van der Waals surface area contributed by atoms with Crippen molar-refractivity contribution in [2.24, 2.45) is 0 Å². The number of amides is 3. The molecule has 3 amide bonds. The number of benzene rings is 1. The summed E-state index contributed by atoms with van der Waals surface area (Å²) in [6.45, 7) is 6.45. The number of nitrogens with one attached hydrogen (secondary N) is 2. The van der Waals surface area contributed by atoms with Gasteiger partial charge < -0.3 is 9.73 Å². The van der Waals surface area contributed by atoms with E-state index in [9.17, 15) is 9.59 Å². The lowest BCUT2D eigenvalue weighted by Crippen LogP contribution is -2.35. The quantitative estimate of drug-likeness (QED) is 0.614. The molecule has 2 aromatic heterocycles. The zero-order valence-electron chi connectivity index (χ0n) is 15.9. The number of urea groups is 1. The topological polar surface area (TPSA) is 102 Å². The van der Waals surface area contributed by atoms with Crippen LogP contribution in [0.3, 0.4) is 0 Å². The molecule has 0 radical (unpaired) electrons. The van der Waals surface area contributed by atoms with Crippen LogP contribution in [0.1, 0.15) is 18.1 Å². The van der Waals surface area contributed by atoms with Gasteiger partial charge in [-0.25, -0.2) is 4.79 Å². The molecule has 0 aliphatic heterocycles. The highest BCUT2D eigenvalue weighted by atomic mass is 32.2. The fourth-order valence-corrected chi connectivity index (χ4v) is 3.47. The van der Waals surface area contributed by atoms with Gasteiger partial charge in [0.25, 0.3) is 0 Å². The van der Waals surface area contributed by atoms with Crippen LogP contribution >= 0.6 is 11.8 Å². The Hall–Kier alpha value is -3.07. The van der Waals surface area contributed by atoms with Crippen LogP contribution < -0.4 is 10.6 Å². The molecule has 3 rings (SSSR count). The van der Waals surface area contributed by atoms with Crippen LogP contribution in [-0.2, 0) is 11.3 Å². The third-order valence-corrected chi connectivity index (χ3v) is 4.96. The highest BCUT2D eigenvalue weighted by Crippen LogP contribution is 2.24. The van der Waals surface area contributed by atoms with E-state index in [2.05, 4.69) is 20.8 Å². The molecule has 2 heterocycles. The summed E-state index contributed by atoms with van der Waals surface area (Å²) >= 11 is 1.21. The van der Waals surface area contributed by atoms with Crippen LogP contribution in [0, 0.1) is 13.8 Å². The summed E-state index contributed by atoms with van der Waals surface area (Å²) in [5.74, 6) is 0.829. The minimum absolute atomic E-state index is 0.0383. The zero-order valence-corrected chi connectivity index (χ0v) is 16.7. The second-order valence-corrected chi connectivity index (χ2v) is 7.08. The first-order valence-electron chi connectivity index (χ1n) is 8.76. The molecule has 0 spiro atoms. The van der Waals surface area contributed by atoms with Gasteiger partial charge in [0.15, 0.2) is 16.7 Å². The molecule has 0 bridgehead atoms. The van der Waals surface area contributed by atoms with Crippen molar-refractivity contribution in [1.82, 2.24) is 20.1 Å². The van der Waals surface area contributed by atoms with Gasteiger partial charge in [0, 0.05) is 12.2 Å². The molecule has 0 aliphatic rings. The van der Waals surface area contributed by atoms with E-state index in [4.69, 9.17) is 4.42 Å². The van der Waals surface area contributed by atoms with Gasteiger partial charge >= 0.3 is 6.03 Å². The number of furan rings is 1. The lowest BCUT2D eigenvalue weighted by Gasteiger charge is -2.10. The van der Waals surface area contributed by atoms with Gasteiger partial charge in [0.2, 0.25) is 5.91 Å². The molecule has 2 N–H and O–H groups in total. The smallest absolute Gasteiger partial charge is 0.325 e. The standard InChI is InChI=1S/C19H21N5O3S/c1-4-24-17(15-6-5-9-27-15)22-23-19(24)28-11-16(25)21-18(26)20-14-8-7-12(2)10-13(14)3/h5-10H,4,11H2,1-3H3,(H2,20,21,25,26). The molecular formula is C19H21N5O3S. The summed E-state index contributed by atoms with van der Waals surface area (Å²) in [6, 6.07) is 8.68. The van der Waals surface area contributed by atoms with Crippen molar-refractivity contribution in [3.63, 3.8) is 0 Å². The number of carbonyl (C=O) groups is 2. The highest BCUT2D eigenvalue weighted by Gasteiger charge is 2.17. The minimum Gasteiger partial charge on any atom is -0.461 e. The molecule has 0 atom stereocenters. The van der Waals surface area contributed by atoms with Gasteiger partial charge in [-0.2, -0.15) is 0 Å². The van der Waals surface area contributed by atoms with Crippen molar-refractivity contribution in [1.29, 1.82) is 0 Å². The van der Waals surface area contributed by atoms with Gasteiger partial charge in [-0.3, -0.25) is 14.7 Å². The van der Waals surface area contributed by atoms with Crippen LogP contribution in [0.25, 0.3) is 11.6 Å². The SMILES string of the molecule is CCn1c(SCC(=O)NC(=O)Nc2ccc(C)cc2C)nnc1-c1ccco1. The van der Waals surface area contributed by atoms with Crippen molar-refractivity contribution in [3.8, 4) is 11.6 Å². The van der Waals surface area contributed by atoms with E-state index in [0.29, 0.717) is 29.0 Å². The Labute approximate surface area is 166 Å². The van der Waals surface area contributed by atoms with E-state index in [-0.39, 0.29) is 5.75 Å². The minimum atomic E-state index is -0.564. The van der Waals surface area contributed by atoms with Crippen LogP contribution in [0.5, 0.6) is 0 Å². The lowest BCUT2D eigenvalue weighted by atomic mass is 10.1. The molecule has 9 heteroatoms. The van der Waals surface area contributed by atoms with E-state index < -0.39 is 11.9 Å². The molecule has 146 valence electrons. The first-order chi connectivity index (χ1) is 13.5. The summed E-state index contributed by atoms with van der Waals surface area (Å²) in [7, 11) is 0. The summed E-state index contributed by atoms with van der Waals surface area (Å²) in [5, 5.41) is 13.8. The fourth-order valence-electron chi connectivity index (χ4n) is 2.67. The molecule has 3 aromatic rings. The highest BCUT2D eigenvalue weighted by molar-refractivity contribution is 7.99. The Morgan fingerprint density at radius 2 is 2.04 bits per heavy atom. The molecule has 1 aromatic carbocycles. The number of carbonyl (C=O) groups excluding carboxylic acids is 2. The number of rotatable bonds is 6. The Bertz CT molecular complexity index is 982. The average Bonchev–Trinajstić information content (AvgIpc) is 3.31. The fraction of sp³-hybridized carbons (Fsp3) is 0.263. The molecule has 8 nitrogen and oxygen atoms in total. The number of hydrogen-bond donors (Lipinski definition) is 2. The summed E-state index contributed by atoms with van der Waals surface area (Å²) < 4.78 is 7.22.